The van der Waals surface area contributed by atoms with Crippen molar-refractivity contribution in [1.82, 2.24) is 10.2 Å². The van der Waals surface area contributed by atoms with Gasteiger partial charge in [-0.3, -0.25) is 0 Å². The van der Waals surface area contributed by atoms with Crippen molar-refractivity contribution in [3.8, 4) is 0 Å². The van der Waals surface area contributed by atoms with Crippen LogP contribution in [-0.4, -0.2) is 48.8 Å². The molecule has 3 heteroatoms. The SMILES string of the molecule is CCCC1CC(NCCO)CN(CCC)C1. The van der Waals surface area contributed by atoms with E-state index in [0.29, 0.717) is 6.04 Å². The number of nitrogens with zero attached hydrogens (tertiary/aromatic N) is 1. The smallest absolute Gasteiger partial charge is 0.0556 e. The van der Waals surface area contributed by atoms with Gasteiger partial charge in [-0.1, -0.05) is 20.3 Å². The van der Waals surface area contributed by atoms with Crippen molar-refractivity contribution in [2.75, 3.05) is 32.8 Å². The van der Waals surface area contributed by atoms with Gasteiger partial charge in [0.25, 0.3) is 0 Å². The van der Waals surface area contributed by atoms with Crippen molar-refractivity contribution in [2.24, 2.45) is 5.92 Å². The third kappa shape index (κ3) is 4.81. The van der Waals surface area contributed by atoms with Gasteiger partial charge in [0.2, 0.25) is 0 Å². The van der Waals surface area contributed by atoms with Crippen LogP contribution in [0.3, 0.4) is 0 Å². The lowest BCUT2D eigenvalue weighted by atomic mass is 9.90. The predicted octanol–water partition coefficient (Wildman–Crippen LogP) is 1.47. The quantitative estimate of drug-likeness (QED) is 0.692. The number of piperidine rings is 1. The Bertz CT molecular complexity index is 161. The molecule has 1 aliphatic heterocycles. The van der Waals surface area contributed by atoms with Crippen LogP contribution in [0.15, 0.2) is 0 Å². The number of nitrogens with one attached hydrogen (secondary N) is 1. The summed E-state index contributed by atoms with van der Waals surface area (Å²) in [6.45, 7) is 9.17. The summed E-state index contributed by atoms with van der Waals surface area (Å²) in [7, 11) is 0. The number of aliphatic hydroxyl groups is 1. The Labute approximate surface area is 100 Å². The van der Waals surface area contributed by atoms with Gasteiger partial charge in [0.05, 0.1) is 6.61 Å². The lowest BCUT2D eigenvalue weighted by Gasteiger charge is -2.38. The van der Waals surface area contributed by atoms with Crippen molar-refractivity contribution < 1.29 is 5.11 Å². The van der Waals surface area contributed by atoms with Gasteiger partial charge in [0.15, 0.2) is 0 Å². The summed E-state index contributed by atoms with van der Waals surface area (Å²) in [5, 5.41) is 12.3. The first-order valence-electron chi connectivity index (χ1n) is 6.86. The first kappa shape index (κ1) is 13.9. The third-order valence-electron chi connectivity index (χ3n) is 3.39. The number of rotatable bonds is 7. The normalized spacial score (nSPS) is 27.2. The summed E-state index contributed by atoms with van der Waals surface area (Å²) >= 11 is 0. The van der Waals surface area contributed by atoms with Crippen LogP contribution in [0.4, 0.5) is 0 Å². The zero-order valence-corrected chi connectivity index (χ0v) is 10.9. The van der Waals surface area contributed by atoms with Gasteiger partial charge in [-0.2, -0.15) is 0 Å². The van der Waals surface area contributed by atoms with Gasteiger partial charge < -0.3 is 15.3 Å². The zero-order valence-electron chi connectivity index (χ0n) is 10.9. The highest BCUT2D eigenvalue weighted by molar-refractivity contribution is 4.83. The van der Waals surface area contributed by atoms with Crippen molar-refractivity contribution in [2.45, 2.75) is 45.6 Å². The molecule has 2 N–H and O–H groups in total. The standard InChI is InChI=1S/C13H28N2O/c1-3-5-12-9-13(14-6-8-16)11-15(10-12)7-4-2/h12-14,16H,3-11H2,1-2H3. The molecule has 1 aliphatic rings. The van der Waals surface area contributed by atoms with E-state index in [4.69, 9.17) is 5.11 Å². The van der Waals surface area contributed by atoms with Gasteiger partial charge in [-0.25, -0.2) is 0 Å². The number of likely N-dealkylation sites (tertiary alicyclic amines) is 1. The molecule has 0 radical (unpaired) electrons. The Morgan fingerprint density at radius 3 is 2.69 bits per heavy atom. The molecule has 3 nitrogen and oxygen atoms in total. The molecule has 1 heterocycles. The average Bonchev–Trinajstić information content (AvgIpc) is 2.27. The van der Waals surface area contributed by atoms with E-state index in [1.54, 1.807) is 0 Å². The maximum Gasteiger partial charge on any atom is 0.0556 e. The van der Waals surface area contributed by atoms with E-state index < -0.39 is 0 Å². The first-order valence-corrected chi connectivity index (χ1v) is 6.86. The molecule has 2 unspecified atom stereocenters. The van der Waals surface area contributed by atoms with Crippen molar-refractivity contribution >= 4 is 0 Å². The minimum Gasteiger partial charge on any atom is -0.395 e. The maximum absolute atomic E-state index is 8.86. The predicted molar refractivity (Wildman–Crippen MR) is 68.6 cm³/mol. The molecule has 1 fully saturated rings. The first-order chi connectivity index (χ1) is 7.80. The van der Waals surface area contributed by atoms with E-state index in [2.05, 4.69) is 24.1 Å². The van der Waals surface area contributed by atoms with E-state index in [1.165, 1.54) is 38.8 Å². The van der Waals surface area contributed by atoms with Crippen LogP contribution >= 0.6 is 0 Å². The largest absolute Gasteiger partial charge is 0.395 e. The molecule has 0 spiro atoms. The summed E-state index contributed by atoms with van der Waals surface area (Å²) in [5.41, 5.74) is 0. The van der Waals surface area contributed by atoms with Crippen molar-refractivity contribution in [3.05, 3.63) is 0 Å². The molecule has 0 bridgehead atoms. The lowest BCUT2D eigenvalue weighted by molar-refractivity contribution is 0.132. The van der Waals surface area contributed by atoms with Crippen LogP contribution in [0.25, 0.3) is 0 Å². The molecule has 96 valence electrons. The van der Waals surface area contributed by atoms with Crippen LogP contribution in [-0.2, 0) is 0 Å². The third-order valence-corrected chi connectivity index (χ3v) is 3.39. The Hall–Kier alpha value is -0.120. The molecule has 0 aliphatic carbocycles. The number of hydrogen-bond acceptors (Lipinski definition) is 3. The second kappa shape index (κ2) is 8.04. The fourth-order valence-corrected chi connectivity index (χ4v) is 2.84. The fraction of sp³-hybridized carbons (Fsp3) is 1.00. The van der Waals surface area contributed by atoms with E-state index >= 15 is 0 Å². The van der Waals surface area contributed by atoms with Gasteiger partial charge in [0, 0.05) is 25.7 Å². The molecule has 1 rings (SSSR count). The molecule has 0 aromatic rings. The zero-order chi connectivity index (χ0) is 11.8. The summed E-state index contributed by atoms with van der Waals surface area (Å²) in [6.07, 6.45) is 5.16. The van der Waals surface area contributed by atoms with Crippen LogP contribution in [0.1, 0.15) is 39.5 Å². The monoisotopic (exact) mass is 228 g/mol. The van der Waals surface area contributed by atoms with E-state index in [0.717, 1.165) is 19.0 Å². The highest BCUT2D eigenvalue weighted by atomic mass is 16.3. The molecule has 0 aromatic carbocycles. The topological polar surface area (TPSA) is 35.5 Å². The Morgan fingerprint density at radius 2 is 2.06 bits per heavy atom. The second-order valence-electron chi connectivity index (χ2n) is 5.02. The van der Waals surface area contributed by atoms with Crippen LogP contribution in [0.5, 0.6) is 0 Å². The van der Waals surface area contributed by atoms with Crippen LogP contribution < -0.4 is 5.32 Å². The van der Waals surface area contributed by atoms with E-state index in [-0.39, 0.29) is 6.61 Å². The van der Waals surface area contributed by atoms with E-state index in [9.17, 15) is 0 Å². The summed E-state index contributed by atoms with van der Waals surface area (Å²) in [5.74, 6) is 0.849. The van der Waals surface area contributed by atoms with Crippen LogP contribution in [0, 0.1) is 5.92 Å². The minimum absolute atomic E-state index is 0.253. The Kier molecular flexibility index (Phi) is 7.01. The van der Waals surface area contributed by atoms with Gasteiger partial charge in [-0.05, 0) is 31.7 Å². The summed E-state index contributed by atoms with van der Waals surface area (Å²) < 4.78 is 0. The van der Waals surface area contributed by atoms with Crippen molar-refractivity contribution in [3.63, 3.8) is 0 Å². The molecule has 1 saturated heterocycles. The molecule has 0 saturated carbocycles. The highest BCUT2D eigenvalue weighted by Crippen LogP contribution is 2.21. The molecular formula is C13H28N2O. The molecule has 2 atom stereocenters. The summed E-state index contributed by atoms with van der Waals surface area (Å²) in [4.78, 5) is 2.58. The van der Waals surface area contributed by atoms with Crippen molar-refractivity contribution in [1.29, 1.82) is 0 Å². The Morgan fingerprint density at radius 1 is 1.25 bits per heavy atom. The lowest BCUT2D eigenvalue weighted by Crippen LogP contribution is -2.49. The van der Waals surface area contributed by atoms with E-state index in [1.807, 2.05) is 0 Å². The average molecular weight is 228 g/mol. The maximum atomic E-state index is 8.86. The Balaban J connectivity index is 2.38. The molecule has 16 heavy (non-hydrogen) atoms. The molecular weight excluding hydrogens is 200 g/mol. The molecule has 0 amide bonds. The van der Waals surface area contributed by atoms with Gasteiger partial charge >= 0.3 is 0 Å². The van der Waals surface area contributed by atoms with Gasteiger partial charge in [-0.15, -0.1) is 0 Å². The number of aliphatic hydroxyl groups excluding tert-OH is 1. The number of hydrogen-bond donors (Lipinski definition) is 2. The summed E-state index contributed by atoms with van der Waals surface area (Å²) in [6, 6.07) is 0.587. The van der Waals surface area contributed by atoms with Gasteiger partial charge in [0.1, 0.15) is 0 Å². The molecule has 0 aromatic heterocycles. The minimum atomic E-state index is 0.253. The fourth-order valence-electron chi connectivity index (χ4n) is 2.84. The second-order valence-corrected chi connectivity index (χ2v) is 5.02. The highest BCUT2D eigenvalue weighted by Gasteiger charge is 2.25. The van der Waals surface area contributed by atoms with Crippen LogP contribution in [0.2, 0.25) is 0 Å².